The van der Waals surface area contributed by atoms with Gasteiger partial charge in [-0.1, -0.05) is 0 Å². The molecule has 23 heavy (non-hydrogen) atoms. The lowest BCUT2D eigenvalue weighted by Gasteiger charge is -2.35. The minimum Gasteiger partial charge on any atom is -0.353 e. The van der Waals surface area contributed by atoms with Crippen molar-refractivity contribution in [2.45, 2.75) is 0 Å². The molecule has 0 spiro atoms. The lowest BCUT2D eigenvalue weighted by atomic mass is 10.3. The first-order valence-electron chi connectivity index (χ1n) is 7.61. The number of nitrogens with zero attached hydrogens (tertiary/aromatic N) is 6. The molecule has 0 amide bonds. The number of fused-ring (bicyclic) bond motifs is 1. The average molecular weight is 373 g/mol. The van der Waals surface area contributed by atoms with Gasteiger partial charge in [-0.3, -0.25) is 4.57 Å². The summed E-state index contributed by atoms with van der Waals surface area (Å²) in [4.78, 5) is 18.3. The van der Waals surface area contributed by atoms with Crippen molar-refractivity contribution in [1.82, 2.24) is 19.5 Å². The van der Waals surface area contributed by atoms with E-state index in [0.717, 1.165) is 53.6 Å². The van der Waals surface area contributed by atoms with E-state index in [1.807, 2.05) is 37.6 Å². The van der Waals surface area contributed by atoms with E-state index >= 15 is 0 Å². The van der Waals surface area contributed by atoms with Crippen LogP contribution in [0.2, 0.25) is 0 Å². The second kappa shape index (κ2) is 5.81. The quantitative estimate of drug-likeness (QED) is 0.691. The van der Waals surface area contributed by atoms with E-state index < -0.39 is 0 Å². The number of pyridine rings is 2. The highest BCUT2D eigenvalue weighted by Gasteiger charge is 2.22. The van der Waals surface area contributed by atoms with Crippen LogP contribution in [0.15, 0.2) is 41.1 Å². The molecule has 0 atom stereocenters. The highest BCUT2D eigenvalue weighted by molar-refractivity contribution is 9.10. The first-order valence-corrected chi connectivity index (χ1v) is 8.40. The number of hydrogen-bond donors (Lipinski definition) is 0. The van der Waals surface area contributed by atoms with Crippen LogP contribution in [0.25, 0.3) is 11.2 Å². The molecular formula is C16H17BrN6. The van der Waals surface area contributed by atoms with Crippen molar-refractivity contribution in [1.29, 1.82) is 0 Å². The lowest BCUT2D eigenvalue weighted by Crippen LogP contribution is -2.47. The van der Waals surface area contributed by atoms with Gasteiger partial charge in [0.15, 0.2) is 5.65 Å². The molecule has 0 unspecified atom stereocenters. The number of aromatic nitrogens is 4. The summed E-state index contributed by atoms with van der Waals surface area (Å²) in [5.41, 5.74) is 1.88. The van der Waals surface area contributed by atoms with Crippen LogP contribution in [0.4, 0.5) is 11.8 Å². The van der Waals surface area contributed by atoms with Gasteiger partial charge in [-0.25, -0.2) is 15.0 Å². The highest BCUT2D eigenvalue weighted by atomic mass is 79.9. The van der Waals surface area contributed by atoms with Crippen molar-refractivity contribution in [2.24, 2.45) is 7.05 Å². The van der Waals surface area contributed by atoms with E-state index in [1.165, 1.54) is 0 Å². The molecule has 4 heterocycles. The molecule has 3 aromatic rings. The van der Waals surface area contributed by atoms with Crippen LogP contribution < -0.4 is 9.80 Å². The van der Waals surface area contributed by atoms with Gasteiger partial charge in [0.2, 0.25) is 5.95 Å². The number of halogens is 1. The minimum absolute atomic E-state index is 0.926. The molecule has 0 saturated carbocycles. The molecular weight excluding hydrogens is 356 g/mol. The molecule has 0 bridgehead atoms. The molecule has 0 aliphatic carbocycles. The van der Waals surface area contributed by atoms with Crippen molar-refractivity contribution in [3.05, 3.63) is 41.1 Å². The maximum Gasteiger partial charge on any atom is 0.207 e. The summed E-state index contributed by atoms with van der Waals surface area (Å²) in [5.74, 6) is 2.02. The van der Waals surface area contributed by atoms with E-state index in [0.29, 0.717) is 0 Å². The fourth-order valence-electron chi connectivity index (χ4n) is 2.99. The van der Waals surface area contributed by atoms with Crippen molar-refractivity contribution in [2.75, 3.05) is 36.0 Å². The molecule has 1 aliphatic heterocycles. The Labute approximate surface area is 142 Å². The van der Waals surface area contributed by atoms with Crippen LogP contribution in [-0.2, 0) is 7.05 Å². The zero-order valence-corrected chi connectivity index (χ0v) is 14.4. The first-order chi connectivity index (χ1) is 11.2. The number of hydrogen-bond acceptors (Lipinski definition) is 5. The maximum atomic E-state index is 4.73. The van der Waals surface area contributed by atoms with Gasteiger partial charge in [0.25, 0.3) is 0 Å². The Kier molecular flexibility index (Phi) is 3.65. The van der Waals surface area contributed by atoms with E-state index in [2.05, 4.69) is 46.3 Å². The summed E-state index contributed by atoms with van der Waals surface area (Å²) < 4.78 is 3.08. The molecule has 7 heteroatoms. The number of imidazole rings is 1. The Balaban J connectivity index is 1.52. The molecule has 0 radical (unpaired) electrons. The predicted molar refractivity (Wildman–Crippen MR) is 94.9 cm³/mol. The van der Waals surface area contributed by atoms with Gasteiger partial charge in [-0.05, 0) is 40.2 Å². The third-order valence-electron chi connectivity index (χ3n) is 4.20. The average Bonchev–Trinajstić information content (AvgIpc) is 2.93. The van der Waals surface area contributed by atoms with Crippen LogP contribution in [0.3, 0.4) is 0 Å². The van der Waals surface area contributed by atoms with Gasteiger partial charge in [0.05, 0.1) is 0 Å². The van der Waals surface area contributed by atoms with Crippen molar-refractivity contribution in [3.8, 4) is 0 Å². The fraction of sp³-hybridized carbons (Fsp3) is 0.312. The zero-order chi connectivity index (χ0) is 15.8. The van der Waals surface area contributed by atoms with Gasteiger partial charge >= 0.3 is 0 Å². The Morgan fingerprint density at radius 2 is 1.78 bits per heavy atom. The second-order valence-corrected chi connectivity index (χ2v) is 6.54. The first kappa shape index (κ1) is 14.4. The van der Waals surface area contributed by atoms with Crippen LogP contribution in [0, 0.1) is 0 Å². The number of piperazine rings is 1. The molecule has 118 valence electrons. The normalized spacial score (nSPS) is 15.4. The van der Waals surface area contributed by atoms with Crippen LogP contribution >= 0.6 is 15.9 Å². The molecule has 6 nitrogen and oxygen atoms in total. The van der Waals surface area contributed by atoms with Gasteiger partial charge in [0, 0.05) is 50.1 Å². The topological polar surface area (TPSA) is 50.1 Å². The maximum absolute atomic E-state index is 4.73. The SMILES string of the molecule is Cn1c(N2CCN(c3ccc(Br)cn3)CC2)nc2cccnc21. The Morgan fingerprint density at radius 1 is 1.00 bits per heavy atom. The van der Waals surface area contributed by atoms with Gasteiger partial charge in [0.1, 0.15) is 11.3 Å². The van der Waals surface area contributed by atoms with Crippen LogP contribution in [0.1, 0.15) is 0 Å². The standard InChI is InChI=1S/C16H17BrN6/c1-21-15-13(3-2-6-18-15)20-16(21)23-9-7-22(8-10-23)14-5-4-12(17)11-19-14/h2-6,11H,7-10H2,1H3. The Bertz CT molecular complexity index is 820. The van der Waals surface area contributed by atoms with Crippen molar-refractivity contribution in [3.63, 3.8) is 0 Å². The largest absolute Gasteiger partial charge is 0.353 e. The van der Waals surface area contributed by atoms with E-state index in [9.17, 15) is 0 Å². The van der Waals surface area contributed by atoms with E-state index in [4.69, 9.17) is 4.98 Å². The lowest BCUT2D eigenvalue weighted by molar-refractivity contribution is 0.627. The number of aryl methyl sites for hydroxylation is 1. The van der Waals surface area contributed by atoms with Crippen molar-refractivity contribution >= 4 is 38.9 Å². The van der Waals surface area contributed by atoms with Gasteiger partial charge in [-0.15, -0.1) is 0 Å². The van der Waals surface area contributed by atoms with E-state index in [1.54, 1.807) is 0 Å². The van der Waals surface area contributed by atoms with Crippen LogP contribution in [0.5, 0.6) is 0 Å². The third-order valence-corrected chi connectivity index (χ3v) is 4.67. The summed E-state index contributed by atoms with van der Waals surface area (Å²) in [5, 5.41) is 0. The fourth-order valence-corrected chi connectivity index (χ4v) is 3.22. The smallest absolute Gasteiger partial charge is 0.207 e. The van der Waals surface area contributed by atoms with Crippen molar-refractivity contribution < 1.29 is 0 Å². The number of rotatable bonds is 2. The highest BCUT2D eigenvalue weighted by Crippen LogP contribution is 2.22. The monoisotopic (exact) mass is 372 g/mol. The molecule has 1 saturated heterocycles. The Hall–Kier alpha value is -2.15. The molecule has 0 N–H and O–H groups in total. The second-order valence-electron chi connectivity index (χ2n) is 5.63. The summed E-state index contributed by atoms with van der Waals surface area (Å²) in [6, 6.07) is 8.02. The molecule has 0 aromatic carbocycles. The minimum atomic E-state index is 0.926. The zero-order valence-electron chi connectivity index (χ0n) is 12.9. The Morgan fingerprint density at radius 3 is 2.48 bits per heavy atom. The summed E-state index contributed by atoms with van der Waals surface area (Å²) in [6.07, 6.45) is 3.66. The predicted octanol–water partition coefficient (Wildman–Crippen LogP) is 2.45. The number of anilines is 2. The molecule has 3 aromatic heterocycles. The van der Waals surface area contributed by atoms with Gasteiger partial charge in [-0.2, -0.15) is 0 Å². The summed E-state index contributed by atoms with van der Waals surface area (Å²) in [6.45, 7) is 3.72. The molecule has 1 fully saturated rings. The summed E-state index contributed by atoms with van der Waals surface area (Å²) in [7, 11) is 2.03. The van der Waals surface area contributed by atoms with Crippen LogP contribution in [-0.4, -0.2) is 45.7 Å². The molecule has 4 rings (SSSR count). The third kappa shape index (κ3) is 2.65. The van der Waals surface area contributed by atoms with Gasteiger partial charge < -0.3 is 9.80 Å². The summed E-state index contributed by atoms with van der Waals surface area (Å²) >= 11 is 3.43. The molecule has 1 aliphatic rings. The van der Waals surface area contributed by atoms with E-state index in [-0.39, 0.29) is 0 Å².